The summed E-state index contributed by atoms with van der Waals surface area (Å²) in [5.74, 6) is 0.891. The Kier molecular flexibility index (Phi) is 6.16. The maximum atomic E-state index is 8.85. The number of ether oxygens (including phenoxy) is 1. The molecule has 0 spiro atoms. The summed E-state index contributed by atoms with van der Waals surface area (Å²) in [5, 5.41) is 12.3. The highest BCUT2D eigenvalue weighted by Gasteiger charge is 2.16. The highest BCUT2D eigenvalue weighted by atomic mass is 16.5. The molecular formula is C15H25NO2. The molecule has 1 aromatic carbocycles. The topological polar surface area (TPSA) is 41.5 Å². The van der Waals surface area contributed by atoms with Crippen molar-refractivity contribution >= 4 is 0 Å². The van der Waals surface area contributed by atoms with Gasteiger partial charge in [0.1, 0.15) is 5.75 Å². The van der Waals surface area contributed by atoms with Gasteiger partial charge in [-0.1, -0.05) is 26.0 Å². The van der Waals surface area contributed by atoms with Gasteiger partial charge in [-0.25, -0.2) is 0 Å². The fraction of sp³-hybridized carbons (Fsp3) is 0.600. The van der Waals surface area contributed by atoms with E-state index in [9.17, 15) is 0 Å². The number of nitrogens with one attached hydrogen (secondary N) is 1. The first-order valence-corrected chi connectivity index (χ1v) is 6.52. The Balaban J connectivity index is 2.31. The van der Waals surface area contributed by atoms with E-state index in [1.807, 2.05) is 12.1 Å². The van der Waals surface area contributed by atoms with Crippen LogP contribution in [0.15, 0.2) is 24.3 Å². The van der Waals surface area contributed by atoms with Gasteiger partial charge < -0.3 is 15.2 Å². The second kappa shape index (κ2) is 7.39. The summed E-state index contributed by atoms with van der Waals surface area (Å²) < 4.78 is 5.13. The standard InChI is InChI=1S/C15H25NO2/c1-15(2,9-4-10-17)12-16-11-13-5-7-14(18-3)8-6-13/h5-8,16-17H,4,9-12H2,1-3H3. The molecule has 0 aliphatic heterocycles. The Hall–Kier alpha value is -1.06. The van der Waals surface area contributed by atoms with E-state index in [0.717, 1.165) is 31.7 Å². The highest BCUT2D eigenvalue weighted by Crippen LogP contribution is 2.21. The molecule has 0 bridgehead atoms. The van der Waals surface area contributed by atoms with Crippen molar-refractivity contribution in [2.45, 2.75) is 33.2 Å². The summed E-state index contributed by atoms with van der Waals surface area (Å²) in [6.07, 6.45) is 1.91. The summed E-state index contributed by atoms with van der Waals surface area (Å²) in [7, 11) is 1.68. The van der Waals surface area contributed by atoms with Gasteiger partial charge >= 0.3 is 0 Å². The minimum absolute atomic E-state index is 0.231. The summed E-state index contributed by atoms with van der Waals surface area (Å²) >= 11 is 0. The molecule has 0 unspecified atom stereocenters. The Bertz CT molecular complexity index is 333. The predicted octanol–water partition coefficient (Wildman–Crippen LogP) is 2.58. The van der Waals surface area contributed by atoms with Crippen LogP contribution in [0, 0.1) is 5.41 Å². The van der Waals surface area contributed by atoms with E-state index in [4.69, 9.17) is 9.84 Å². The molecule has 2 N–H and O–H groups in total. The quantitative estimate of drug-likeness (QED) is 0.746. The first-order valence-electron chi connectivity index (χ1n) is 6.52. The van der Waals surface area contributed by atoms with Crippen molar-refractivity contribution in [3.8, 4) is 5.75 Å². The maximum Gasteiger partial charge on any atom is 0.118 e. The van der Waals surface area contributed by atoms with E-state index in [2.05, 4.69) is 31.3 Å². The van der Waals surface area contributed by atoms with E-state index < -0.39 is 0 Å². The molecule has 1 aromatic rings. The Labute approximate surface area is 110 Å². The zero-order valence-electron chi connectivity index (χ0n) is 11.7. The van der Waals surface area contributed by atoms with E-state index in [1.165, 1.54) is 5.56 Å². The molecule has 0 aliphatic rings. The van der Waals surface area contributed by atoms with Crippen LogP contribution in [0.4, 0.5) is 0 Å². The molecule has 102 valence electrons. The van der Waals surface area contributed by atoms with Crippen LogP contribution in [0.1, 0.15) is 32.3 Å². The van der Waals surface area contributed by atoms with Crippen LogP contribution in [0.25, 0.3) is 0 Å². The molecule has 0 fully saturated rings. The van der Waals surface area contributed by atoms with Gasteiger partial charge in [-0.15, -0.1) is 0 Å². The first-order chi connectivity index (χ1) is 8.57. The smallest absolute Gasteiger partial charge is 0.118 e. The third-order valence-corrected chi connectivity index (χ3v) is 3.10. The first kappa shape index (κ1) is 15.0. The van der Waals surface area contributed by atoms with Crippen LogP contribution >= 0.6 is 0 Å². The average molecular weight is 251 g/mol. The molecule has 1 rings (SSSR count). The third kappa shape index (κ3) is 5.52. The van der Waals surface area contributed by atoms with Crippen molar-refractivity contribution in [2.75, 3.05) is 20.3 Å². The second-order valence-electron chi connectivity index (χ2n) is 5.44. The molecule has 18 heavy (non-hydrogen) atoms. The van der Waals surface area contributed by atoms with Gasteiger partial charge in [-0.05, 0) is 36.0 Å². The lowest BCUT2D eigenvalue weighted by Gasteiger charge is -2.24. The Morgan fingerprint density at radius 2 is 1.89 bits per heavy atom. The van der Waals surface area contributed by atoms with Crippen molar-refractivity contribution in [3.63, 3.8) is 0 Å². The largest absolute Gasteiger partial charge is 0.497 e. The summed E-state index contributed by atoms with van der Waals surface area (Å²) in [5.41, 5.74) is 1.49. The third-order valence-electron chi connectivity index (χ3n) is 3.10. The number of aliphatic hydroxyl groups excluding tert-OH is 1. The van der Waals surface area contributed by atoms with Crippen LogP contribution in [-0.2, 0) is 6.54 Å². The van der Waals surface area contributed by atoms with Gasteiger partial charge in [0.2, 0.25) is 0 Å². The number of hydrogen-bond acceptors (Lipinski definition) is 3. The average Bonchev–Trinajstić information content (AvgIpc) is 2.37. The summed E-state index contributed by atoms with van der Waals surface area (Å²) in [6, 6.07) is 8.11. The zero-order chi connectivity index (χ0) is 13.4. The summed E-state index contributed by atoms with van der Waals surface area (Å²) in [6.45, 7) is 6.56. The van der Waals surface area contributed by atoms with E-state index in [-0.39, 0.29) is 12.0 Å². The van der Waals surface area contributed by atoms with Crippen LogP contribution in [-0.4, -0.2) is 25.4 Å². The van der Waals surface area contributed by atoms with Crippen molar-refractivity contribution < 1.29 is 9.84 Å². The number of hydrogen-bond donors (Lipinski definition) is 2. The fourth-order valence-electron chi connectivity index (χ4n) is 1.93. The number of methoxy groups -OCH3 is 1. The molecule has 0 radical (unpaired) electrons. The SMILES string of the molecule is COc1ccc(CNCC(C)(C)CCCO)cc1. The second-order valence-corrected chi connectivity index (χ2v) is 5.44. The minimum Gasteiger partial charge on any atom is -0.497 e. The fourth-order valence-corrected chi connectivity index (χ4v) is 1.93. The van der Waals surface area contributed by atoms with Crippen LogP contribution < -0.4 is 10.1 Å². The molecular weight excluding hydrogens is 226 g/mol. The predicted molar refractivity (Wildman–Crippen MR) is 74.8 cm³/mol. The van der Waals surface area contributed by atoms with Crippen LogP contribution in [0.5, 0.6) is 5.75 Å². The van der Waals surface area contributed by atoms with Gasteiger partial charge in [-0.3, -0.25) is 0 Å². The molecule has 0 aliphatic carbocycles. The van der Waals surface area contributed by atoms with E-state index in [1.54, 1.807) is 7.11 Å². The lowest BCUT2D eigenvalue weighted by atomic mass is 9.88. The number of aliphatic hydroxyl groups is 1. The molecule has 0 heterocycles. The van der Waals surface area contributed by atoms with Crippen molar-refractivity contribution in [3.05, 3.63) is 29.8 Å². The zero-order valence-corrected chi connectivity index (χ0v) is 11.7. The minimum atomic E-state index is 0.231. The highest BCUT2D eigenvalue weighted by molar-refractivity contribution is 5.26. The van der Waals surface area contributed by atoms with Gasteiger partial charge in [0.25, 0.3) is 0 Å². The van der Waals surface area contributed by atoms with Gasteiger partial charge in [0, 0.05) is 19.7 Å². The monoisotopic (exact) mass is 251 g/mol. The molecule has 0 saturated carbocycles. The molecule has 0 saturated heterocycles. The van der Waals surface area contributed by atoms with E-state index in [0.29, 0.717) is 0 Å². The normalized spacial score (nSPS) is 11.6. The molecule has 0 aromatic heterocycles. The van der Waals surface area contributed by atoms with Crippen LogP contribution in [0.3, 0.4) is 0 Å². The van der Waals surface area contributed by atoms with E-state index >= 15 is 0 Å². The Morgan fingerprint density at radius 3 is 2.44 bits per heavy atom. The van der Waals surface area contributed by atoms with Crippen molar-refractivity contribution in [1.29, 1.82) is 0 Å². The maximum absolute atomic E-state index is 8.85. The number of rotatable bonds is 8. The lowest BCUT2D eigenvalue weighted by molar-refractivity contribution is 0.236. The Morgan fingerprint density at radius 1 is 1.22 bits per heavy atom. The van der Waals surface area contributed by atoms with Gasteiger partial charge in [-0.2, -0.15) is 0 Å². The molecule has 0 amide bonds. The molecule has 0 atom stereocenters. The number of benzene rings is 1. The van der Waals surface area contributed by atoms with Gasteiger partial charge in [0.15, 0.2) is 0 Å². The van der Waals surface area contributed by atoms with Crippen LogP contribution in [0.2, 0.25) is 0 Å². The molecule has 3 heteroatoms. The van der Waals surface area contributed by atoms with Gasteiger partial charge in [0.05, 0.1) is 7.11 Å². The lowest BCUT2D eigenvalue weighted by Crippen LogP contribution is -2.29. The summed E-state index contributed by atoms with van der Waals surface area (Å²) in [4.78, 5) is 0. The van der Waals surface area contributed by atoms with Crippen molar-refractivity contribution in [2.24, 2.45) is 5.41 Å². The van der Waals surface area contributed by atoms with Crippen molar-refractivity contribution in [1.82, 2.24) is 5.32 Å². The molecule has 3 nitrogen and oxygen atoms in total.